The van der Waals surface area contributed by atoms with Crippen LogP contribution in [-0.4, -0.2) is 29.5 Å². The lowest BCUT2D eigenvalue weighted by molar-refractivity contribution is -0.385. The molecule has 0 unspecified atom stereocenters. The van der Waals surface area contributed by atoms with Crippen LogP contribution in [0.15, 0.2) is 23.6 Å². The second kappa shape index (κ2) is 6.42. The molecule has 1 N–H and O–H groups in total. The van der Waals surface area contributed by atoms with Gasteiger partial charge in [-0.2, -0.15) is 0 Å². The summed E-state index contributed by atoms with van der Waals surface area (Å²) >= 11 is 1.25. The van der Waals surface area contributed by atoms with Gasteiger partial charge >= 0.3 is 0 Å². The zero-order chi connectivity index (χ0) is 15.4. The van der Waals surface area contributed by atoms with Gasteiger partial charge in [-0.1, -0.05) is 12.1 Å². The van der Waals surface area contributed by atoms with Crippen LogP contribution in [0.2, 0.25) is 0 Å². The number of carbonyl (C=O) groups is 1. The number of aromatic nitrogens is 1. The van der Waals surface area contributed by atoms with Crippen LogP contribution in [-0.2, 0) is 9.53 Å². The minimum absolute atomic E-state index is 0.0467. The molecule has 0 saturated carbocycles. The average molecular weight is 307 g/mol. The van der Waals surface area contributed by atoms with E-state index in [1.807, 2.05) is 0 Å². The van der Waals surface area contributed by atoms with Crippen molar-refractivity contribution in [2.24, 2.45) is 0 Å². The molecule has 7 nitrogen and oxygen atoms in total. The van der Waals surface area contributed by atoms with Gasteiger partial charge in [0.2, 0.25) is 0 Å². The van der Waals surface area contributed by atoms with E-state index in [1.165, 1.54) is 24.5 Å². The first-order valence-electron chi connectivity index (χ1n) is 6.01. The Morgan fingerprint density at radius 1 is 1.52 bits per heavy atom. The van der Waals surface area contributed by atoms with Gasteiger partial charge in [0.15, 0.2) is 5.13 Å². The van der Waals surface area contributed by atoms with E-state index < -0.39 is 4.92 Å². The number of carbonyl (C=O) groups excluding carboxylic acids is 1. The van der Waals surface area contributed by atoms with E-state index in [2.05, 4.69) is 10.3 Å². The van der Waals surface area contributed by atoms with E-state index in [9.17, 15) is 14.9 Å². The monoisotopic (exact) mass is 307 g/mol. The highest BCUT2D eigenvalue weighted by atomic mass is 32.1. The standard InChI is InChI=1S/C13H13N3O4S/c1-8-3-4-9(5-11(8)16(18)19)10-7-21-13(14-10)15-12(17)6-20-2/h3-5,7H,6H2,1-2H3,(H,14,15,17). The maximum Gasteiger partial charge on any atom is 0.272 e. The summed E-state index contributed by atoms with van der Waals surface area (Å²) in [5.41, 5.74) is 1.85. The normalized spacial score (nSPS) is 10.4. The van der Waals surface area contributed by atoms with Gasteiger partial charge in [0, 0.05) is 29.7 Å². The molecule has 0 atom stereocenters. The zero-order valence-electron chi connectivity index (χ0n) is 11.5. The Morgan fingerprint density at radius 2 is 2.29 bits per heavy atom. The summed E-state index contributed by atoms with van der Waals surface area (Å²) in [6.07, 6.45) is 0. The average Bonchev–Trinajstić information content (AvgIpc) is 2.87. The summed E-state index contributed by atoms with van der Waals surface area (Å²) in [5.74, 6) is -0.298. The van der Waals surface area contributed by atoms with Crippen molar-refractivity contribution in [2.75, 3.05) is 19.0 Å². The Balaban J connectivity index is 2.23. The molecule has 1 aromatic heterocycles. The highest BCUT2D eigenvalue weighted by Gasteiger charge is 2.14. The van der Waals surface area contributed by atoms with Crippen molar-refractivity contribution in [3.8, 4) is 11.3 Å². The van der Waals surface area contributed by atoms with E-state index in [4.69, 9.17) is 4.74 Å². The number of anilines is 1. The summed E-state index contributed by atoms with van der Waals surface area (Å²) in [5, 5.41) is 15.7. The van der Waals surface area contributed by atoms with E-state index in [-0.39, 0.29) is 18.2 Å². The molecule has 21 heavy (non-hydrogen) atoms. The minimum Gasteiger partial charge on any atom is -0.375 e. The second-order valence-electron chi connectivity index (χ2n) is 4.28. The molecule has 1 amide bonds. The van der Waals surface area contributed by atoms with Crippen LogP contribution >= 0.6 is 11.3 Å². The third kappa shape index (κ3) is 3.61. The van der Waals surface area contributed by atoms with Crippen LogP contribution in [0.5, 0.6) is 0 Å². The molecule has 0 saturated heterocycles. The number of thiazole rings is 1. The predicted molar refractivity (Wildman–Crippen MR) is 79.4 cm³/mol. The van der Waals surface area contributed by atoms with Gasteiger partial charge in [-0.3, -0.25) is 20.2 Å². The Labute approximate surface area is 124 Å². The summed E-state index contributed by atoms with van der Waals surface area (Å²) in [7, 11) is 1.43. The number of nitro benzene ring substituents is 1. The molecule has 0 fully saturated rings. The number of hydrogen-bond donors (Lipinski definition) is 1. The summed E-state index contributed by atoms with van der Waals surface area (Å²) in [6, 6.07) is 4.92. The van der Waals surface area contributed by atoms with Crippen LogP contribution in [0.3, 0.4) is 0 Å². The summed E-state index contributed by atoms with van der Waals surface area (Å²) in [4.78, 5) is 26.1. The van der Waals surface area contributed by atoms with Gasteiger partial charge < -0.3 is 4.74 Å². The molecule has 0 aliphatic carbocycles. The largest absolute Gasteiger partial charge is 0.375 e. The molecule has 2 aromatic rings. The number of amides is 1. The fraction of sp³-hybridized carbons (Fsp3) is 0.231. The third-order valence-corrected chi connectivity index (χ3v) is 3.49. The van der Waals surface area contributed by atoms with Crippen LogP contribution in [0.4, 0.5) is 10.8 Å². The molecule has 2 rings (SSSR count). The van der Waals surface area contributed by atoms with Crippen molar-refractivity contribution in [3.63, 3.8) is 0 Å². The number of aryl methyl sites for hydroxylation is 1. The Kier molecular flexibility index (Phi) is 4.61. The van der Waals surface area contributed by atoms with E-state index in [0.29, 0.717) is 22.0 Å². The highest BCUT2D eigenvalue weighted by molar-refractivity contribution is 7.14. The molecular formula is C13H13N3O4S. The molecule has 0 bridgehead atoms. The van der Waals surface area contributed by atoms with Crippen molar-refractivity contribution >= 4 is 28.1 Å². The maximum atomic E-state index is 11.4. The first kappa shape index (κ1) is 15.1. The minimum atomic E-state index is -0.424. The summed E-state index contributed by atoms with van der Waals surface area (Å²) in [6.45, 7) is 1.63. The SMILES string of the molecule is COCC(=O)Nc1nc(-c2ccc(C)c([N+](=O)[O-])c2)cs1. The van der Waals surface area contributed by atoms with Crippen molar-refractivity contribution in [2.45, 2.75) is 6.92 Å². The van der Waals surface area contributed by atoms with Crippen LogP contribution in [0.25, 0.3) is 11.3 Å². The van der Waals surface area contributed by atoms with Gasteiger partial charge in [-0.25, -0.2) is 4.98 Å². The van der Waals surface area contributed by atoms with E-state index >= 15 is 0 Å². The molecule has 0 radical (unpaired) electrons. The lowest BCUT2D eigenvalue weighted by Crippen LogP contribution is -2.16. The lowest BCUT2D eigenvalue weighted by atomic mass is 10.1. The molecule has 1 heterocycles. The maximum absolute atomic E-state index is 11.4. The van der Waals surface area contributed by atoms with Crippen LogP contribution in [0, 0.1) is 17.0 Å². The number of methoxy groups -OCH3 is 1. The number of nitro groups is 1. The quantitative estimate of drug-likeness (QED) is 0.677. The number of ether oxygens (including phenoxy) is 1. The molecular weight excluding hydrogens is 294 g/mol. The number of benzene rings is 1. The number of hydrogen-bond acceptors (Lipinski definition) is 6. The molecule has 110 valence electrons. The molecule has 0 spiro atoms. The van der Waals surface area contributed by atoms with Gasteiger partial charge in [-0.15, -0.1) is 11.3 Å². The zero-order valence-corrected chi connectivity index (χ0v) is 12.3. The fourth-order valence-corrected chi connectivity index (χ4v) is 2.45. The van der Waals surface area contributed by atoms with Crippen molar-refractivity contribution in [1.82, 2.24) is 4.98 Å². The van der Waals surface area contributed by atoms with E-state index in [0.717, 1.165) is 0 Å². The first-order chi connectivity index (χ1) is 10.0. The molecule has 0 aliphatic rings. The Hall–Kier alpha value is -2.32. The molecule has 0 aliphatic heterocycles. The van der Waals surface area contributed by atoms with Gasteiger partial charge in [0.1, 0.15) is 6.61 Å². The van der Waals surface area contributed by atoms with E-state index in [1.54, 1.807) is 24.4 Å². The topological polar surface area (TPSA) is 94.4 Å². The number of nitrogens with zero attached hydrogens (tertiary/aromatic N) is 2. The van der Waals surface area contributed by atoms with Gasteiger partial charge in [0.05, 0.1) is 10.6 Å². The third-order valence-electron chi connectivity index (χ3n) is 2.73. The smallest absolute Gasteiger partial charge is 0.272 e. The second-order valence-corrected chi connectivity index (χ2v) is 5.14. The number of rotatable bonds is 5. The van der Waals surface area contributed by atoms with Crippen LogP contribution < -0.4 is 5.32 Å². The highest BCUT2D eigenvalue weighted by Crippen LogP contribution is 2.29. The lowest BCUT2D eigenvalue weighted by Gasteiger charge is -2.01. The van der Waals surface area contributed by atoms with Crippen molar-refractivity contribution in [3.05, 3.63) is 39.3 Å². The van der Waals surface area contributed by atoms with Crippen molar-refractivity contribution in [1.29, 1.82) is 0 Å². The van der Waals surface area contributed by atoms with Gasteiger partial charge in [-0.05, 0) is 6.92 Å². The Bertz CT molecular complexity index is 684. The summed E-state index contributed by atoms with van der Waals surface area (Å²) < 4.78 is 4.71. The number of nitrogens with one attached hydrogen (secondary N) is 1. The van der Waals surface area contributed by atoms with Crippen LogP contribution in [0.1, 0.15) is 5.56 Å². The fourth-order valence-electron chi connectivity index (χ4n) is 1.72. The Morgan fingerprint density at radius 3 is 2.95 bits per heavy atom. The molecule has 8 heteroatoms. The first-order valence-corrected chi connectivity index (χ1v) is 6.89. The van der Waals surface area contributed by atoms with Crippen molar-refractivity contribution < 1.29 is 14.5 Å². The predicted octanol–water partition coefficient (Wildman–Crippen LogP) is 2.61. The van der Waals surface area contributed by atoms with Gasteiger partial charge in [0.25, 0.3) is 11.6 Å². The molecule has 1 aromatic carbocycles.